The van der Waals surface area contributed by atoms with E-state index >= 15 is 0 Å². The van der Waals surface area contributed by atoms with Gasteiger partial charge < -0.3 is 81.4 Å². The van der Waals surface area contributed by atoms with Gasteiger partial charge in [-0.2, -0.15) is 0 Å². The molecule has 6 aromatic rings. The van der Waals surface area contributed by atoms with Crippen LogP contribution in [0, 0.1) is 20.5 Å². The number of nitrogens with zero attached hydrogens (tertiary/aromatic N) is 6. The second-order valence-electron chi connectivity index (χ2n) is 10.1. The van der Waals surface area contributed by atoms with Crippen LogP contribution in [0.4, 0.5) is 0 Å². The van der Waals surface area contributed by atoms with E-state index in [1.165, 1.54) is 0 Å². The average molecular weight is 1150 g/mol. The largest absolute Gasteiger partial charge is 2.00 e. The number of carbonyl (C=O) groups excluding carboxylic acids is 4. The molecule has 6 aromatic heterocycles. The predicted octanol–water partition coefficient (Wildman–Crippen LogP) is -17.2. The number of aromatic amines is 4. The summed E-state index contributed by atoms with van der Waals surface area (Å²) in [5.74, 6) is -5.44. The summed E-state index contributed by atoms with van der Waals surface area (Å²) >= 11 is 0. The summed E-state index contributed by atoms with van der Waals surface area (Å²) in [6.45, 7) is 1.29. The van der Waals surface area contributed by atoms with Gasteiger partial charge in [-0.3, -0.25) is 20.6 Å². The Labute approximate surface area is 411 Å². The molecule has 0 aromatic carbocycles. The van der Waals surface area contributed by atoms with Gasteiger partial charge in [0, 0.05) is 75.1 Å². The minimum atomic E-state index is -4.94. The zero-order valence-electron chi connectivity index (χ0n) is 32.8. The van der Waals surface area contributed by atoms with E-state index in [1.54, 1.807) is 62.0 Å². The van der Waals surface area contributed by atoms with E-state index in [9.17, 15) is 0 Å². The Balaban J connectivity index is -0.000000140. The zero-order chi connectivity index (χ0) is 45.1. The van der Waals surface area contributed by atoms with Crippen molar-refractivity contribution in [3.05, 3.63) is 133 Å². The summed E-state index contributed by atoms with van der Waals surface area (Å²) in [6.07, 6.45) is 17.7. The molecular formula is C30H38Cl2Cu3N12O20+2. The molecule has 32 nitrogen and oxygen atoms in total. The molecule has 0 aliphatic rings. The minimum Gasteiger partial charge on any atom is -0.543 e. The normalized spacial score (nSPS) is 9.34. The van der Waals surface area contributed by atoms with Gasteiger partial charge in [0.15, 0.2) is 0 Å². The molecule has 67 heavy (non-hydrogen) atoms. The van der Waals surface area contributed by atoms with Crippen LogP contribution in [0.15, 0.2) is 98.4 Å². The average Bonchev–Trinajstić information content (AvgIpc) is 4.02. The first kappa shape index (κ1) is 75.9. The zero-order valence-corrected chi connectivity index (χ0v) is 37.2. The summed E-state index contributed by atoms with van der Waals surface area (Å²) < 4.78 is 67.9. The van der Waals surface area contributed by atoms with Crippen molar-refractivity contribution in [1.82, 2.24) is 60.5 Å². The number of H-pyrrole nitrogens is 4. The number of nitrogens with one attached hydrogen (secondary N) is 6. The molecule has 3 radical (unpaired) electrons. The number of hydrogen-bond donors (Lipinski definition) is 6. The van der Waals surface area contributed by atoms with Gasteiger partial charge in [0.05, 0.1) is 35.3 Å². The third kappa shape index (κ3) is 39.5. The van der Waals surface area contributed by atoms with Crippen LogP contribution in [0.25, 0.3) is 0 Å². The van der Waals surface area contributed by atoms with Crippen LogP contribution in [-0.4, -0.2) is 84.7 Å². The number of pyridine rings is 2. The summed E-state index contributed by atoms with van der Waals surface area (Å²) in [5, 5.41) is 42.5. The van der Waals surface area contributed by atoms with Gasteiger partial charge in [-0.1, -0.05) is 12.1 Å². The van der Waals surface area contributed by atoms with Crippen LogP contribution in [0.2, 0.25) is 0 Å². The van der Waals surface area contributed by atoms with Gasteiger partial charge in [-0.15, -0.1) is 20.5 Å². The van der Waals surface area contributed by atoms with Gasteiger partial charge >= 0.3 is 51.2 Å². The molecule has 0 spiro atoms. The minimum absolute atomic E-state index is 0. The monoisotopic (exact) mass is 1140 g/mol. The third-order valence-electron chi connectivity index (χ3n) is 5.93. The molecule has 0 amide bonds. The van der Waals surface area contributed by atoms with Crippen molar-refractivity contribution >= 4 is 23.9 Å². The number of hydrogen-bond acceptors (Lipinski definition) is 24. The van der Waals surface area contributed by atoms with Gasteiger partial charge in [0.2, 0.25) is 0 Å². The van der Waals surface area contributed by atoms with Gasteiger partial charge in [0.25, 0.3) is 0 Å². The molecule has 0 aliphatic heterocycles. The van der Waals surface area contributed by atoms with E-state index in [0.717, 1.165) is 34.7 Å². The molecule has 0 unspecified atom stereocenters. The Morgan fingerprint density at radius 2 is 0.672 bits per heavy atom. The smallest absolute Gasteiger partial charge is 0.543 e. The van der Waals surface area contributed by atoms with E-state index in [4.69, 9.17) is 76.9 Å². The maximum absolute atomic E-state index is 8.93. The number of halogens is 2. The van der Waals surface area contributed by atoms with Gasteiger partial charge in [-0.25, -0.2) is 57.2 Å². The fraction of sp³-hybridized carbons (Fsp3) is 0.133. The fourth-order valence-electron chi connectivity index (χ4n) is 3.81. The number of carbonyl (C=O) groups is 4. The molecule has 0 saturated carbocycles. The standard InChI is InChI=1S/2C13H14N6.2C2H2O4.2ClHO4.3Cu.4H2O/c2*1-2-4-14-10(3-1)9-19-11(12-15-5-6-16-12)13-17-7-8-18-13;2*3-1(4)2(5)6;2*2-1(3,4)5;;;;;;;/h2*1-8,11,19H,9H2,(H,15,16)(H,17,18);2*(H,3,4)(H,5,6);2*(H,2,3,4,5);;;;4*1H2/q;;;;;;3*+2;;;;/p-4. The van der Waals surface area contributed by atoms with E-state index < -0.39 is 44.4 Å². The number of aromatic nitrogens is 10. The van der Waals surface area contributed by atoms with Gasteiger partial charge in [0.1, 0.15) is 35.4 Å². The van der Waals surface area contributed by atoms with Crippen molar-refractivity contribution < 1.29 is 170 Å². The van der Waals surface area contributed by atoms with Crippen LogP contribution < -0.4 is 68.3 Å². The van der Waals surface area contributed by atoms with Crippen molar-refractivity contribution in [3.63, 3.8) is 0 Å². The molecule has 37 heteroatoms. The number of carboxylic acids is 4. The third-order valence-corrected chi connectivity index (χ3v) is 5.93. The predicted molar refractivity (Wildman–Crippen MR) is 177 cm³/mol. The summed E-state index contributed by atoms with van der Waals surface area (Å²) in [4.78, 5) is 73.9. The SMILES string of the molecule is O.O.O=C([O-])C(=O)[O-].O=C([O-])C(=O)[O-].[Cu+2].[Cu+2].[Cu+2].[O-][Cl+3]([O-])([O-])[O-].[O-][Cl+3]([O-])([O-])[O-].[OH3+].[OH3+].c1ccc(CNC(c2ncc[nH]2)c2ncc[nH]2)nc1.c1ccc(CNC(c2ncc[nH]2)c2ncc[nH]2)nc1. The Morgan fingerprint density at radius 3 is 0.821 bits per heavy atom. The summed E-state index contributed by atoms with van der Waals surface area (Å²) in [6, 6.07) is 11.5. The fourth-order valence-corrected chi connectivity index (χ4v) is 3.81. The molecule has 0 fully saturated rings. The van der Waals surface area contributed by atoms with Crippen molar-refractivity contribution in [3.8, 4) is 0 Å². The Morgan fingerprint density at radius 1 is 0.448 bits per heavy atom. The Kier molecular flexibility index (Phi) is 46.3. The van der Waals surface area contributed by atoms with E-state index in [-0.39, 0.29) is 85.2 Å². The van der Waals surface area contributed by atoms with Crippen LogP contribution >= 0.6 is 0 Å². The molecule has 0 atom stereocenters. The van der Waals surface area contributed by atoms with Crippen molar-refractivity contribution in [2.45, 2.75) is 25.2 Å². The van der Waals surface area contributed by atoms with Crippen LogP contribution in [0.1, 0.15) is 46.8 Å². The molecule has 6 heterocycles. The van der Waals surface area contributed by atoms with Gasteiger partial charge in [-0.05, 0) is 24.3 Å². The Bertz CT molecular complexity index is 1810. The van der Waals surface area contributed by atoms with Crippen molar-refractivity contribution in [2.24, 2.45) is 0 Å². The number of aliphatic carboxylic acids is 4. The second kappa shape index (κ2) is 40.8. The summed E-state index contributed by atoms with van der Waals surface area (Å²) in [7, 11) is -9.89. The van der Waals surface area contributed by atoms with E-state index in [0.29, 0.717) is 13.1 Å². The molecule has 0 aliphatic carbocycles. The maximum atomic E-state index is 8.93. The van der Waals surface area contributed by atoms with Crippen LogP contribution in [-0.2, 0) is 94.4 Å². The Hall–Kier alpha value is -5.40. The molecular weight excluding hydrogens is 1110 g/mol. The molecule has 0 bridgehead atoms. The van der Waals surface area contributed by atoms with Crippen LogP contribution in [0.5, 0.6) is 0 Å². The van der Waals surface area contributed by atoms with Crippen molar-refractivity contribution in [1.29, 1.82) is 0 Å². The topological polar surface area (TPSA) is 639 Å². The van der Waals surface area contributed by atoms with E-state index in [1.807, 2.05) is 36.4 Å². The molecule has 6 rings (SSSR count). The molecule has 16 N–H and O–H groups in total. The number of imidazole rings is 4. The number of carboxylic acid groups (broad SMARTS) is 4. The molecule has 0 saturated heterocycles. The van der Waals surface area contributed by atoms with Crippen molar-refractivity contribution in [2.75, 3.05) is 0 Å². The molecule has 383 valence electrons. The first-order valence-corrected chi connectivity index (χ1v) is 17.9. The first-order valence-electron chi connectivity index (χ1n) is 15.5. The first-order chi connectivity index (χ1) is 28.2. The number of rotatable bonds is 10. The second-order valence-corrected chi connectivity index (χ2v) is 11.6. The summed E-state index contributed by atoms with van der Waals surface area (Å²) in [5.41, 5.74) is 1.95. The van der Waals surface area contributed by atoms with Crippen LogP contribution in [0.3, 0.4) is 0 Å². The quantitative estimate of drug-likeness (QED) is 0.0421. The maximum Gasteiger partial charge on any atom is 2.00 e. The van der Waals surface area contributed by atoms with E-state index in [2.05, 4.69) is 60.5 Å².